The molecule has 0 unspecified atom stereocenters. The molecule has 32 heavy (non-hydrogen) atoms. The van der Waals surface area contributed by atoms with Crippen molar-refractivity contribution in [3.8, 4) is 11.5 Å². The number of sulfonamides is 1. The number of anilines is 1. The maximum Gasteiger partial charge on any atom is 0.278 e. The summed E-state index contributed by atoms with van der Waals surface area (Å²) in [5, 5.41) is 0.170. The first-order valence-electron chi connectivity index (χ1n) is 9.51. The molecule has 1 amide bonds. The second-order valence-electron chi connectivity index (χ2n) is 7.02. The van der Waals surface area contributed by atoms with Crippen LogP contribution in [0.15, 0.2) is 70.0 Å². The highest BCUT2D eigenvalue weighted by molar-refractivity contribution is 9.10. The average Bonchev–Trinajstić information content (AvgIpc) is 2.73. The first-order chi connectivity index (χ1) is 15.1. The van der Waals surface area contributed by atoms with Gasteiger partial charge in [0.25, 0.3) is 15.9 Å². The smallest absolute Gasteiger partial charge is 0.278 e. The highest BCUT2D eigenvalue weighted by atomic mass is 79.9. The Balaban J connectivity index is 2.00. The molecule has 0 bridgehead atoms. The van der Waals surface area contributed by atoms with Crippen molar-refractivity contribution in [2.24, 2.45) is 0 Å². The van der Waals surface area contributed by atoms with Crippen LogP contribution in [-0.2, 0) is 14.8 Å². The van der Waals surface area contributed by atoms with Crippen LogP contribution in [0.3, 0.4) is 0 Å². The number of halogens is 2. The lowest BCUT2D eigenvalue weighted by Crippen LogP contribution is -2.40. The summed E-state index contributed by atoms with van der Waals surface area (Å²) < 4.78 is 39.0. The molecule has 0 atom stereocenters. The Hall–Kier alpha value is -2.55. The zero-order chi connectivity index (χ0) is 23.5. The van der Waals surface area contributed by atoms with Crippen molar-refractivity contribution in [1.29, 1.82) is 0 Å². The second kappa shape index (κ2) is 9.94. The number of carbonyl (C=O) groups excluding carboxylic acids is 1. The lowest BCUT2D eigenvalue weighted by molar-refractivity contribution is -0.119. The summed E-state index contributed by atoms with van der Waals surface area (Å²) in [6, 6.07) is 15.9. The normalized spacial score (nSPS) is 11.2. The molecule has 9 heteroatoms. The molecule has 0 saturated carbocycles. The molecule has 0 aliphatic carbocycles. The van der Waals surface area contributed by atoms with Gasteiger partial charge in [0.2, 0.25) is 0 Å². The number of benzene rings is 3. The minimum Gasteiger partial charge on any atom is -0.495 e. The molecule has 6 nitrogen and oxygen atoms in total. The van der Waals surface area contributed by atoms with Crippen molar-refractivity contribution in [1.82, 2.24) is 0 Å². The van der Waals surface area contributed by atoms with Gasteiger partial charge in [-0.2, -0.15) is 4.31 Å². The number of methoxy groups -OCH3 is 1. The SMILES string of the molecule is COc1ccc(N(C(=O)COc2ccc(C)cc2Br)S(=O)(=O)c2ccc(C)cc2)cc1Cl. The quantitative estimate of drug-likeness (QED) is 0.396. The van der Waals surface area contributed by atoms with Crippen LogP contribution in [0.1, 0.15) is 11.1 Å². The van der Waals surface area contributed by atoms with Crippen molar-refractivity contribution >= 4 is 49.1 Å². The third kappa shape index (κ3) is 5.26. The van der Waals surface area contributed by atoms with E-state index in [1.807, 2.05) is 26.0 Å². The van der Waals surface area contributed by atoms with Crippen LogP contribution in [0.2, 0.25) is 5.02 Å². The first-order valence-corrected chi connectivity index (χ1v) is 12.1. The largest absolute Gasteiger partial charge is 0.495 e. The fourth-order valence-corrected chi connectivity index (χ4v) is 5.20. The van der Waals surface area contributed by atoms with Crippen LogP contribution >= 0.6 is 27.5 Å². The van der Waals surface area contributed by atoms with Crippen molar-refractivity contribution < 1.29 is 22.7 Å². The molecule has 3 aromatic rings. The van der Waals surface area contributed by atoms with Crippen molar-refractivity contribution in [2.75, 3.05) is 18.0 Å². The Bertz CT molecular complexity index is 1250. The summed E-state index contributed by atoms with van der Waals surface area (Å²) in [6.45, 7) is 3.26. The molecule has 3 rings (SSSR count). The number of hydrogen-bond donors (Lipinski definition) is 0. The molecule has 168 valence electrons. The number of amides is 1. The number of aryl methyl sites for hydroxylation is 2. The molecule has 0 aliphatic heterocycles. The molecule has 3 aromatic carbocycles. The molecule has 0 spiro atoms. The summed E-state index contributed by atoms with van der Waals surface area (Å²) in [5.41, 5.74) is 1.97. The number of ether oxygens (including phenoxy) is 2. The highest BCUT2D eigenvalue weighted by Gasteiger charge is 2.32. The Labute approximate surface area is 200 Å². The molecular weight excluding hydrogens is 518 g/mol. The van der Waals surface area contributed by atoms with Crippen LogP contribution < -0.4 is 13.8 Å². The molecule has 0 radical (unpaired) electrons. The standard InChI is InChI=1S/C23H21BrClNO5S/c1-15-4-8-18(9-5-15)32(28,29)26(17-7-11-22(30-3)20(25)13-17)23(27)14-31-21-10-6-16(2)12-19(21)24/h4-13H,14H2,1-3H3. The van der Waals surface area contributed by atoms with Gasteiger partial charge in [-0.3, -0.25) is 4.79 Å². The van der Waals surface area contributed by atoms with Gasteiger partial charge in [0.1, 0.15) is 11.5 Å². The van der Waals surface area contributed by atoms with E-state index in [1.165, 1.54) is 37.4 Å². The molecule has 0 saturated heterocycles. The highest BCUT2D eigenvalue weighted by Crippen LogP contribution is 2.32. The Morgan fingerprint density at radius 1 is 0.969 bits per heavy atom. The third-order valence-electron chi connectivity index (χ3n) is 4.59. The van der Waals surface area contributed by atoms with Gasteiger partial charge in [-0.1, -0.05) is 35.4 Å². The topological polar surface area (TPSA) is 72.9 Å². The summed E-state index contributed by atoms with van der Waals surface area (Å²) >= 11 is 9.60. The number of hydrogen-bond acceptors (Lipinski definition) is 5. The third-order valence-corrected chi connectivity index (χ3v) is 7.27. The number of rotatable bonds is 7. The molecule has 0 N–H and O–H groups in total. The minimum absolute atomic E-state index is 0.0279. The van der Waals surface area contributed by atoms with Crippen molar-refractivity contribution in [3.05, 3.63) is 81.3 Å². The second-order valence-corrected chi connectivity index (χ2v) is 10.1. The van der Waals surface area contributed by atoms with E-state index in [4.69, 9.17) is 21.1 Å². The summed E-state index contributed by atoms with van der Waals surface area (Å²) in [4.78, 5) is 13.2. The van der Waals surface area contributed by atoms with E-state index >= 15 is 0 Å². The van der Waals surface area contributed by atoms with E-state index in [1.54, 1.807) is 18.2 Å². The van der Waals surface area contributed by atoms with E-state index in [2.05, 4.69) is 15.9 Å². The van der Waals surface area contributed by atoms with E-state index < -0.39 is 22.5 Å². The van der Waals surface area contributed by atoms with E-state index in [-0.39, 0.29) is 15.6 Å². The van der Waals surface area contributed by atoms with Crippen LogP contribution in [-0.4, -0.2) is 28.0 Å². The molecule has 0 heterocycles. The lowest BCUT2D eigenvalue weighted by Gasteiger charge is -2.23. The lowest BCUT2D eigenvalue weighted by atomic mass is 10.2. The Kier molecular flexibility index (Phi) is 7.48. The average molecular weight is 539 g/mol. The van der Waals surface area contributed by atoms with Crippen molar-refractivity contribution in [2.45, 2.75) is 18.7 Å². The zero-order valence-corrected chi connectivity index (χ0v) is 20.8. The van der Waals surface area contributed by atoms with E-state index in [9.17, 15) is 13.2 Å². The van der Waals surface area contributed by atoms with Gasteiger partial charge >= 0.3 is 0 Å². The van der Waals surface area contributed by atoms with Crippen LogP contribution in [0.4, 0.5) is 5.69 Å². The molecule has 0 fully saturated rings. The van der Waals surface area contributed by atoms with E-state index in [0.29, 0.717) is 20.3 Å². The summed E-state index contributed by atoms with van der Waals surface area (Å²) in [6.07, 6.45) is 0. The number of carbonyl (C=O) groups is 1. The fraction of sp³-hybridized carbons (Fsp3) is 0.174. The fourth-order valence-electron chi connectivity index (χ4n) is 2.94. The van der Waals surface area contributed by atoms with Crippen LogP contribution in [0, 0.1) is 13.8 Å². The van der Waals surface area contributed by atoms with E-state index in [0.717, 1.165) is 11.1 Å². The van der Waals surface area contributed by atoms with Gasteiger partial charge < -0.3 is 9.47 Å². The zero-order valence-electron chi connectivity index (χ0n) is 17.6. The van der Waals surface area contributed by atoms with Crippen LogP contribution in [0.25, 0.3) is 0 Å². The van der Waals surface area contributed by atoms with Crippen LogP contribution in [0.5, 0.6) is 11.5 Å². The minimum atomic E-state index is -4.24. The van der Waals surface area contributed by atoms with Crippen molar-refractivity contribution in [3.63, 3.8) is 0 Å². The van der Waals surface area contributed by atoms with Gasteiger partial charge in [0, 0.05) is 0 Å². The molecule has 0 aromatic heterocycles. The summed E-state index contributed by atoms with van der Waals surface area (Å²) in [7, 11) is -2.79. The van der Waals surface area contributed by atoms with Gasteiger partial charge in [0.05, 0.1) is 27.2 Å². The predicted molar refractivity (Wildman–Crippen MR) is 128 cm³/mol. The van der Waals surface area contributed by atoms with Gasteiger partial charge in [-0.25, -0.2) is 8.42 Å². The van der Waals surface area contributed by atoms with Gasteiger partial charge in [-0.05, 0) is 77.8 Å². The Morgan fingerprint density at radius 2 is 1.59 bits per heavy atom. The number of nitrogens with zero attached hydrogens (tertiary/aromatic N) is 1. The summed E-state index contributed by atoms with van der Waals surface area (Å²) in [5.74, 6) is -0.000865. The first kappa shape index (κ1) is 24.1. The molecular formula is C23H21BrClNO5S. The maximum atomic E-state index is 13.4. The maximum absolute atomic E-state index is 13.4. The molecule has 0 aliphatic rings. The monoisotopic (exact) mass is 537 g/mol. The van der Waals surface area contributed by atoms with Gasteiger partial charge in [0.15, 0.2) is 6.61 Å². The Morgan fingerprint density at radius 3 is 2.19 bits per heavy atom. The predicted octanol–water partition coefficient (Wildman–Crippen LogP) is 5.53. The van der Waals surface area contributed by atoms with Gasteiger partial charge in [-0.15, -0.1) is 0 Å².